The summed E-state index contributed by atoms with van der Waals surface area (Å²) in [6.07, 6.45) is 0.578. The van der Waals surface area contributed by atoms with Crippen LogP contribution in [0, 0.1) is 0 Å². The third-order valence-corrected chi connectivity index (χ3v) is 7.35. The van der Waals surface area contributed by atoms with Crippen LogP contribution in [0.1, 0.15) is 41.5 Å². The van der Waals surface area contributed by atoms with Crippen LogP contribution in [0.15, 0.2) is 109 Å². The molecule has 0 spiro atoms. The van der Waals surface area contributed by atoms with Gasteiger partial charge in [0.25, 0.3) is 0 Å². The Morgan fingerprint density at radius 1 is 0.795 bits per heavy atom. The summed E-state index contributed by atoms with van der Waals surface area (Å²) in [5.41, 5.74) is 3.78. The molecule has 0 radical (unpaired) electrons. The summed E-state index contributed by atoms with van der Waals surface area (Å²) in [6, 6.07) is 34.3. The molecule has 0 bridgehead atoms. The van der Waals surface area contributed by atoms with Gasteiger partial charge in [-0.2, -0.15) is 0 Å². The second kappa shape index (κ2) is 14.0. The maximum absolute atomic E-state index is 14.3. The van der Waals surface area contributed by atoms with Crippen molar-refractivity contribution in [2.24, 2.45) is 0 Å². The molecular formula is C33H32Cl2N2O2. The van der Waals surface area contributed by atoms with Gasteiger partial charge in [0, 0.05) is 41.9 Å². The van der Waals surface area contributed by atoms with Crippen LogP contribution in [-0.4, -0.2) is 29.3 Å². The number of amides is 2. The fourth-order valence-electron chi connectivity index (χ4n) is 4.77. The first-order chi connectivity index (χ1) is 19.0. The number of rotatable bonds is 11. The number of hydrogen-bond donors (Lipinski definition) is 1. The summed E-state index contributed by atoms with van der Waals surface area (Å²) in [5.74, 6) is -0.503. The van der Waals surface area contributed by atoms with Crippen LogP contribution in [0.5, 0.6) is 0 Å². The predicted octanol–water partition coefficient (Wildman–Crippen LogP) is 7.29. The third-order valence-electron chi connectivity index (χ3n) is 6.76. The van der Waals surface area contributed by atoms with E-state index < -0.39 is 6.04 Å². The molecule has 0 aromatic heterocycles. The SMILES string of the molecule is CCNC(=O)[C@@H](Cc1ccccc1)N(Cc1ccc(Cl)cc1Cl)C(=O)CC(c1ccccc1)c1ccccc1. The summed E-state index contributed by atoms with van der Waals surface area (Å²) in [7, 11) is 0. The van der Waals surface area contributed by atoms with Gasteiger partial charge in [0.1, 0.15) is 6.04 Å². The molecule has 0 saturated carbocycles. The molecule has 0 fully saturated rings. The zero-order valence-electron chi connectivity index (χ0n) is 21.9. The highest BCUT2D eigenvalue weighted by Crippen LogP contribution is 2.31. The van der Waals surface area contributed by atoms with E-state index in [1.165, 1.54) is 0 Å². The van der Waals surface area contributed by atoms with Crippen molar-refractivity contribution in [2.75, 3.05) is 6.54 Å². The fourth-order valence-corrected chi connectivity index (χ4v) is 5.24. The molecule has 39 heavy (non-hydrogen) atoms. The lowest BCUT2D eigenvalue weighted by Crippen LogP contribution is -2.50. The molecule has 4 nitrogen and oxygen atoms in total. The number of hydrogen-bond acceptors (Lipinski definition) is 2. The fraction of sp³-hybridized carbons (Fsp3) is 0.212. The van der Waals surface area contributed by atoms with Crippen LogP contribution in [0.25, 0.3) is 0 Å². The van der Waals surface area contributed by atoms with Gasteiger partial charge >= 0.3 is 0 Å². The van der Waals surface area contributed by atoms with Crippen molar-refractivity contribution < 1.29 is 9.59 Å². The van der Waals surface area contributed by atoms with E-state index in [1.807, 2.05) is 104 Å². The van der Waals surface area contributed by atoms with Gasteiger partial charge in [0.05, 0.1) is 0 Å². The predicted molar refractivity (Wildman–Crippen MR) is 159 cm³/mol. The number of likely N-dealkylation sites (N-methyl/N-ethyl adjacent to an activating group) is 1. The quantitative estimate of drug-likeness (QED) is 0.210. The van der Waals surface area contributed by atoms with E-state index in [4.69, 9.17) is 23.2 Å². The lowest BCUT2D eigenvalue weighted by atomic mass is 9.87. The van der Waals surface area contributed by atoms with Gasteiger partial charge in [-0.15, -0.1) is 0 Å². The lowest BCUT2D eigenvalue weighted by molar-refractivity contribution is -0.141. The molecule has 2 amide bonds. The van der Waals surface area contributed by atoms with Crippen LogP contribution in [-0.2, 0) is 22.6 Å². The van der Waals surface area contributed by atoms with E-state index in [0.29, 0.717) is 23.0 Å². The standard InChI is InChI=1S/C33H32Cl2N2O2/c1-2-36-33(39)31(20-24-12-6-3-7-13-24)37(23-27-18-19-28(34)21-30(27)35)32(38)22-29(25-14-8-4-9-15-25)26-16-10-5-11-17-26/h3-19,21,29,31H,2,20,22-23H2,1H3,(H,36,39)/t31-/m1/s1. The molecule has 0 heterocycles. The summed E-state index contributed by atoms with van der Waals surface area (Å²) in [5, 5.41) is 3.91. The largest absolute Gasteiger partial charge is 0.355 e. The van der Waals surface area contributed by atoms with Gasteiger partial charge in [-0.3, -0.25) is 9.59 Å². The average Bonchev–Trinajstić information content (AvgIpc) is 2.96. The lowest BCUT2D eigenvalue weighted by Gasteiger charge is -2.33. The molecule has 0 aliphatic carbocycles. The Bertz CT molecular complexity index is 1330. The third kappa shape index (κ3) is 7.72. The molecule has 6 heteroatoms. The van der Waals surface area contributed by atoms with Gasteiger partial charge < -0.3 is 10.2 Å². The van der Waals surface area contributed by atoms with Crippen molar-refractivity contribution in [2.45, 2.75) is 38.3 Å². The Hall–Kier alpha value is -3.60. The van der Waals surface area contributed by atoms with Crippen molar-refractivity contribution in [1.29, 1.82) is 0 Å². The zero-order valence-corrected chi connectivity index (χ0v) is 23.4. The van der Waals surface area contributed by atoms with Crippen molar-refractivity contribution in [3.63, 3.8) is 0 Å². The highest BCUT2D eigenvalue weighted by atomic mass is 35.5. The first-order valence-electron chi connectivity index (χ1n) is 13.1. The Morgan fingerprint density at radius 3 is 1.90 bits per heavy atom. The van der Waals surface area contributed by atoms with E-state index in [-0.39, 0.29) is 30.7 Å². The van der Waals surface area contributed by atoms with E-state index in [1.54, 1.807) is 17.0 Å². The smallest absolute Gasteiger partial charge is 0.243 e. The van der Waals surface area contributed by atoms with Crippen LogP contribution >= 0.6 is 23.2 Å². The van der Waals surface area contributed by atoms with Gasteiger partial charge in [-0.05, 0) is 41.3 Å². The number of benzene rings is 4. The maximum atomic E-state index is 14.3. The number of halogens is 2. The molecular weight excluding hydrogens is 527 g/mol. The summed E-state index contributed by atoms with van der Waals surface area (Å²) < 4.78 is 0. The van der Waals surface area contributed by atoms with Crippen molar-refractivity contribution in [1.82, 2.24) is 10.2 Å². The maximum Gasteiger partial charge on any atom is 0.243 e. The van der Waals surface area contributed by atoms with Gasteiger partial charge in [0.15, 0.2) is 0 Å². The molecule has 0 unspecified atom stereocenters. The Morgan fingerprint density at radius 2 is 1.36 bits per heavy atom. The molecule has 1 N–H and O–H groups in total. The van der Waals surface area contributed by atoms with Crippen LogP contribution < -0.4 is 5.32 Å². The number of nitrogens with zero attached hydrogens (tertiary/aromatic N) is 1. The first-order valence-corrected chi connectivity index (χ1v) is 13.9. The van der Waals surface area contributed by atoms with E-state index in [0.717, 1.165) is 22.3 Å². The minimum atomic E-state index is -0.723. The Labute approximate surface area is 240 Å². The highest BCUT2D eigenvalue weighted by molar-refractivity contribution is 6.35. The average molecular weight is 560 g/mol. The minimum Gasteiger partial charge on any atom is -0.355 e. The Balaban J connectivity index is 1.74. The van der Waals surface area contributed by atoms with Crippen LogP contribution in [0.4, 0.5) is 0 Å². The molecule has 0 saturated heterocycles. The van der Waals surface area contributed by atoms with Crippen LogP contribution in [0.2, 0.25) is 10.0 Å². The van der Waals surface area contributed by atoms with E-state index >= 15 is 0 Å². The summed E-state index contributed by atoms with van der Waals surface area (Å²) in [4.78, 5) is 29.5. The normalized spacial score (nSPS) is 11.7. The monoisotopic (exact) mass is 558 g/mol. The second-order valence-corrected chi connectivity index (χ2v) is 10.3. The van der Waals surface area contributed by atoms with E-state index in [2.05, 4.69) is 5.32 Å². The zero-order chi connectivity index (χ0) is 27.6. The van der Waals surface area contributed by atoms with Crippen LogP contribution in [0.3, 0.4) is 0 Å². The second-order valence-electron chi connectivity index (χ2n) is 9.44. The molecule has 1 atom stereocenters. The molecule has 4 aromatic rings. The molecule has 4 rings (SSSR count). The minimum absolute atomic E-state index is 0.133. The topological polar surface area (TPSA) is 49.4 Å². The molecule has 4 aromatic carbocycles. The van der Waals surface area contributed by atoms with Gasteiger partial charge in [-0.25, -0.2) is 0 Å². The Kier molecular flexibility index (Phi) is 10.2. The van der Waals surface area contributed by atoms with Gasteiger partial charge in [-0.1, -0.05) is 120 Å². The molecule has 200 valence electrons. The van der Waals surface area contributed by atoms with Gasteiger partial charge in [0.2, 0.25) is 11.8 Å². The molecule has 0 aliphatic heterocycles. The summed E-state index contributed by atoms with van der Waals surface area (Å²) in [6.45, 7) is 2.52. The highest BCUT2D eigenvalue weighted by Gasteiger charge is 2.32. The number of carbonyl (C=O) groups excluding carboxylic acids is 2. The summed E-state index contributed by atoms with van der Waals surface area (Å²) >= 11 is 12.7. The molecule has 0 aliphatic rings. The number of carbonyl (C=O) groups is 2. The number of nitrogens with one attached hydrogen (secondary N) is 1. The van der Waals surface area contributed by atoms with Crippen molar-refractivity contribution in [3.05, 3.63) is 141 Å². The van der Waals surface area contributed by atoms with E-state index in [9.17, 15) is 9.59 Å². The van der Waals surface area contributed by atoms with Crippen molar-refractivity contribution in [3.8, 4) is 0 Å². The first kappa shape index (κ1) is 28.4. The van der Waals surface area contributed by atoms with Crippen molar-refractivity contribution >= 4 is 35.0 Å².